The molecule has 2 aromatic carbocycles. The van der Waals surface area contributed by atoms with Crippen LogP contribution in [0.2, 0.25) is 0 Å². The molecule has 110 valence electrons. The molecule has 0 bridgehead atoms. The van der Waals surface area contributed by atoms with E-state index in [-0.39, 0.29) is 11.9 Å². The molecule has 1 aliphatic heterocycles. The topological polar surface area (TPSA) is 21.3 Å². The quantitative estimate of drug-likeness (QED) is 0.851. The Hall–Kier alpha value is -1.58. The van der Waals surface area contributed by atoms with Gasteiger partial charge in [0.2, 0.25) is 0 Å². The van der Waals surface area contributed by atoms with Crippen LogP contribution in [-0.4, -0.2) is 12.6 Å². The number of hydrogen-bond acceptors (Lipinski definition) is 2. The van der Waals surface area contributed by atoms with Crippen LogP contribution in [0.25, 0.3) is 0 Å². The van der Waals surface area contributed by atoms with Gasteiger partial charge in [-0.05, 0) is 29.3 Å². The predicted octanol–water partition coefficient (Wildman–Crippen LogP) is 3.66. The van der Waals surface area contributed by atoms with Crippen LogP contribution in [0.3, 0.4) is 0 Å². The van der Waals surface area contributed by atoms with Crippen LogP contribution in [0.15, 0.2) is 42.5 Å². The minimum atomic E-state index is -0.203. The van der Waals surface area contributed by atoms with Gasteiger partial charge in [0.25, 0.3) is 0 Å². The molecule has 3 rings (SSSR count). The first-order valence-electron chi connectivity index (χ1n) is 7.04. The highest BCUT2D eigenvalue weighted by molar-refractivity contribution is 6.17. The van der Waals surface area contributed by atoms with Crippen molar-refractivity contribution in [1.29, 1.82) is 0 Å². The third-order valence-electron chi connectivity index (χ3n) is 3.64. The van der Waals surface area contributed by atoms with Gasteiger partial charge in [-0.2, -0.15) is 0 Å². The van der Waals surface area contributed by atoms with Gasteiger partial charge in [0.05, 0.1) is 0 Å². The minimum Gasteiger partial charge on any atom is -0.488 e. The standard InChI is InChI=1S/C17H17ClFNO/c18-9-12-1-3-13(4-2-12)10-20-11-16-8-14-7-15(19)5-6-17(14)21-16/h1-7,16,20H,8-11H2. The van der Waals surface area contributed by atoms with Crippen molar-refractivity contribution < 1.29 is 9.13 Å². The molecular formula is C17H17ClFNO. The molecule has 0 amide bonds. The fraction of sp³-hybridized carbons (Fsp3) is 0.294. The molecule has 1 heterocycles. The zero-order valence-corrected chi connectivity index (χ0v) is 12.4. The minimum absolute atomic E-state index is 0.0731. The van der Waals surface area contributed by atoms with E-state index in [0.717, 1.165) is 36.4 Å². The summed E-state index contributed by atoms with van der Waals surface area (Å²) in [6.07, 6.45) is 0.828. The Morgan fingerprint density at radius 2 is 1.90 bits per heavy atom. The van der Waals surface area contributed by atoms with E-state index < -0.39 is 0 Å². The molecule has 1 aliphatic rings. The summed E-state index contributed by atoms with van der Waals surface area (Å²) in [5.74, 6) is 1.14. The molecule has 1 N–H and O–H groups in total. The third kappa shape index (κ3) is 3.55. The molecule has 0 saturated heterocycles. The van der Waals surface area contributed by atoms with Crippen molar-refractivity contribution in [2.24, 2.45) is 0 Å². The summed E-state index contributed by atoms with van der Waals surface area (Å²) in [6.45, 7) is 1.53. The molecular weight excluding hydrogens is 289 g/mol. The molecule has 0 aliphatic carbocycles. The van der Waals surface area contributed by atoms with E-state index in [0.29, 0.717) is 5.88 Å². The van der Waals surface area contributed by atoms with Crippen molar-refractivity contribution in [2.75, 3.05) is 6.54 Å². The first kappa shape index (κ1) is 14.4. The highest BCUT2D eigenvalue weighted by atomic mass is 35.5. The van der Waals surface area contributed by atoms with Crippen LogP contribution in [0.4, 0.5) is 4.39 Å². The zero-order chi connectivity index (χ0) is 14.7. The number of fused-ring (bicyclic) bond motifs is 1. The first-order chi connectivity index (χ1) is 10.2. The lowest BCUT2D eigenvalue weighted by Gasteiger charge is -2.12. The summed E-state index contributed by atoms with van der Waals surface area (Å²) < 4.78 is 18.9. The van der Waals surface area contributed by atoms with Crippen LogP contribution < -0.4 is 10.1 Å². The Kier molecular flexibility index (Phi) is 4.42. The normalized spacial score (nSPS) is 16.6. The molecule has 21 heavy (non-hydrogen) atoms. The second-order valence-electron chi connectivity index (χ2n) is 5.28. The van der Waals surface area contributed by atoms with Crippen molar-refractivity contribution >= 4 is 11.6 Å². The number of rotatable bonds is 5. The van der Waals surface area contributed by atoms with E-state index >= 15 is 0 Å². The average Bonchev–Trinajstić information content (AvgIpc) is 2.89. The maximum absolute atomic E-state index is 13.1. The third-order valence-corrected chi connectivity index (χ3v) is 3.95. The molecule has 0 aromatic heterocycles. The van der Waals surface area contributed by atoms with Gasteiger partial charge >= 0.3 is 0 Å². The van der Waals surface area contributed by atoms with Crippen molar-refractivity contribution in [1.82, 2.24) is 5.32 Å². The fourth-order valence-electron chi connectivity index (χ4n) is 2.53. The Morgan fingerprint density at radius 3 is 2.67 bits per heavy atom. The van der Waals surface area contributed by atoms with Gasteiger partial charge in [0, 0.05) is 31.0 Å². The van der Waals surface area contributed by atoms with Gasteiger partial charge in [-0.3, -0.25) is 0 Å². The van der Waals surface area contributed by atoms with Crippen molar-refractivity contribution in [3.8, 4) is 5.75 Å². The van der Waals surface area contributed by atoms with E-state index in [9.17, 15) is 4.39 Å². The van der Waals surface area contributed by atoms with Crippen LogP contribution in [0.1, 0.15) is 16.7 Å². The molecule has 1 unspecified atom stereocenters. The monoisotopic (exact) mass is 305 g/mol. The maximum Gasteiger partial charge on any atom is 0.123 e. The Balaban J connectivity index is 1.48. The number of alkyl halides is 1. The van der Waals surface area contributed by atoms with E-state index in [1.54, 1.807) is 12.1 Å². The molecule has 2 nitrogen and oxygen atoms in total. The van der Waals surface area contributed by atoms with Gasteiger partial charge in [-0.25, -0.2) is 4.39 Å². The van der Waals surface area contributed by atoms with Crippen molar-refractivity contribution in [2.45, 2.75) is 24.9 Å². The summed E-state index contributed by atoms with van der Waals surface area (Å²) in [5.41, 5.74) is 3.29. The average molecular weight is 306 g/mol. The number of hydrogen-bond donors (Lipinski definition) is 1. The number of benzene rings is 2. The van der Waals surface area contributed by atoms with E-state index in [1.807, 2.05) is 12.1 Å². The van der Waals surface area contributed by atoms with Gasteiger partial charge in [-0.1, -0.05) is 24.3 Å². The van der Waals surface area contributed by atoms with Crippen molar-refractivity contribution in [3.05, 3.63) is 65.0 Å². The Bertz CT molecular complexity index is 615. The predicted molar refractivity (Wildman–Crippen MR) is 82.2 cm³/mol. The SMILES string of the molecule is Fc1ccc2c(c1)CC(CNCc1ccc(CCl)cc1)O2. The summed E-state index contributed by atoms with van der Waals surface area (Å²) in [5, 5.41) is 3.38. The zero-order valence-electron chi connectivity index (χ0n) is 11.6. The van der Waals surface area contributed by atoms with Crippen LogP contribution in [0, 0.1) is 5.82 Å². The summed E-state index contributed by atoms with van der Waals surface area (Å²) in [4.78, 5) is 0. The van der Waals surface area contributed by atoms with Crippen LogP contribution >= 0.6 is 11.6 Å². The summed E-state index contributed by atoms with van der Waals surface area (Å²) >= 11 is 5.77. The van der Waals surface area contributed by atoms with Crippen LogP contribution in [0.5, 0.6) is 5.75 Å². The first-order valence-corrected chi connectivity index (χ1v) is 7.57. The number of nitrogens with one attached hydrogen (secondary N) is 1. The lowest BCUT2D eigenvalue weighted by Crippen LogP contribution is -2.29. The Labute approximate surface area is 128 Å². The lowest BCUT2D eigenvalue weighted by atomic mass is 10.1. The maximum atomic E-state index is 13.1. The molecule has 0 saturated carbocycles. The second-order valence-corrected chi connectivity index (χ2v) is 5.54. The van der Waals surface area contributed by atoms with Gasteiger partial charge in [-0.15, -0.1) is 11.6 Å². The largest absolute Gasteiger partial charge is 0.488 e. The summed E-state index contributed by atoms with van der Waals surface area (Å²) in [7, 11) is 0. The molecule has 0 fully saturated rings. The van der Waals surface area contributed by atoms with E-state index in [4.69, 9.17) is 16.3 Å². The van der Waals surface area contributed by atoms with Gasteiger partial charge in [0.15, 0.2) is 0 Å². The smallest absolute Gasteiger partial charge is 0.123 e. The molecule has 1 atom stereocenters. The molecule has 0 radical (unpaired) electrons. The van der Waals surface area contributed by atoms with Gasteiger partial charge < -0.3 is 10.1 Å². The van der Waals surface area contributed by atoms with Crippen LogP contribution in [-0.2, 0) is 18.8 Å². The fourth-order valence-corrected chi connectivity index (χ4v) is 2.70. The van der Waals surface area contributed by atoms with Gasteiger partial charge in [0.1, 0.15) is 17.7 Å². The van der Waals surface area contributed by atoms with E-state index in [1.165, 1.54) is 11.6 Å². The lowest BCUT2D eigenvalue weighted by molar-refractivity contribution is 0.227. The second kappa shape index (κ2) is 6.46. The Morgan fingerprint density at radius 1 is 1.14 bits per heavy atom. The number of ether oxygens (including phenoxy) is 1. The van der Waals surface area contributed by atoms with Crippen molar-refractivity contribution in [3.63, 3.8) is 0 Å². The highest BCUT2D eigenvalue weighted by Crippen LogP contribution is 2.28. The molecule has 2 aromatic rings. The van der Waals surface area contributed by atoms with E-state index in [2.05, 4.69) is 17.4 Å². The highest BCUT2D eigenvalue weighted by Gasteiger charge is 2.22. The molecule has 0 spiro atoms. The molecule has 4 heteroatoms. The number of halogens is 2. The summed E-state index contributed by atoms with van der Waals surface area (Å²) in [6, 6.07) is 12.9.